The average Bonchev–Trinajstić information content (AvgIpc) is 3.07. The number of H-pyrrole nitrogens is 1. The lowest BCUT2D eigenvalue weighted by Gasteiger charge is -2.47. The van der Waals surface area contributed by atoms with Crippen LogP contribution in [0.5, 0.6) is 0 Å². The van der Waals surface area contributed by atoms with Gasteiger partial charge in [0, 0.05) is 14.2 Å². The Hall–Kier alpha value is -4.24. The quantitative estimate of drug-likeness (QED) is 0.0609. The summed E-state index contributed by atoms with van der Waals surface area (Å²) in [7, 11) is -2.49. The second-order valence-electron chi connectivity index (χ2n) is 10.4. The van der Waals surface area contributed by atoms with Crippen LogP contribution in [0.3, 0.4) is 0 Å². The number of nitrogens with one attached hydrogen (secondary N) is 1. The predicted molar refractivity (Wildman–Crippen MR) is 179 cm³/mol. The normalized spacial score (nSPS) is 19.0. The fourth-order valence-corrected chi connectivity index (χ4v) is 7.14. The molecule has 0 spiro atoms. The summed E-state index contributed by atoms with van der Waals surface area (Å²) in [5.74, 6) is -1.42. The standard InChI is InChI=1S/C29H29N5O8S2.CH4O3S/c1-40-20(41-2)15-33-26(37)24(35)31-32-29(33)43-14-13-19-16-44(39)27-21(30)25(36)34(27)22(19)28(38)42-23(17-9-5-3-6-10-17)18-11-7-4-8-12-18;1-5(2,3)4/h3-14,20-21,23,27H,15-16,30H2,1-2H3,(H,31,35);1H3,(H,2,3,4). The van der Waals surface area contributed by atoms with Crippen molar-refractivity contribution in [3.05, 3.63) is 115 Å². The van der Waals surface area contributed by atoms with E-state index in [2.05, 4.69) is 10.2 Å². The van der Waals surface area contributed by atoms with Crippen LogP contribution in [-0.2, 0) is 51.3 Å². The van der Waals surface area contributed by atoms with E-state index < -0.39 is 67.7 Å². The Kier molecular flexibility index (Phi) is 12.6. The smallest absolute Gasteiger partial charge is 0.356 e. The van der Waals surface area contributed by atoms with Crippen LogP contribution in [0.25, 0.3) is 0 Å². The molecule has 1 saturated heterocycles. The van der Waals surface area contributed by atoms with Gasteiger partial charge in [-0.2, -0.15) is 8.42 Å². The third-order valence-corrected chi connectivity index (χ3v) is 9.48. The highest BCUT2D eigenvalue weighted by atomic mass is 32.2. The maximum Gasteiger partial charge on any atom is 0.356 e. The minimum absolute atomic E-state index is 0.0688. The van der Waals surface area contributed by atoms with Crippen LogP contribution in [0.2, 0.25) is 0 Å². The molecule has 2 aliphatic heterocycles. The second kappa shape index (κ2) is 16.4. The van der Waals surface area contributed by atoms with Crippen molar-refractivity contribution in [3.8, 4) is 0 Å². The lowest BCUT2D eigenvalue weighted by molar-refractivity contribution is -0.153. The molecule has 0 bridgehead atoms. The SMILES string of the molecule is COC(Cn1c(SC=CC2=C(C(=O)OC(c3ccccc3)c3ccccc3)N3C(=O)C(N)C3S(=O)C2)n[nH]c(=O)c1=O)OC.CS(=O)(=O)O. The molecule has 1 aromatic heterocycles. The second-order valence-corrected chi connectivity index (χ2v) is 14.3. The van der Waals surface area contributed by atoms with Gasteiger partial charge in [0.1, 0.15) is 17.1 Å². The molecule has 3 atom stereocenters. The van der Waals surface area contributed by atoms with E-state index in [1.165, 1.54) is 25.7 Å². The van der Waals surface area contributed by atoms with E-state index in [-0.39, 0.29) is 28.7 Å². The van der Waals surface area contributed by atoms with Gasteiger partial charge in [-0.3, -0.25) is 32.6 Å². The molecule has 4 N–H and O–H groups in total. The molecule has 0 aliphatic carbocycles. The van der Waals surface area contributed by atoms with E-state index in [4.69, 9.17) is 24.5 Å². The first-order chi connectivity index (χ1) is 23.2. The number of esters is 1. The van der Waals surface area contributed by atoms with E-state index in [1.54, 1.807) is 0 Å². The van der Waals surface area contributed by atoms with Crippen molar-refractivity contribution in [2.24, 2.45) is 5.73 Å². The Labute approximate surface area is 287 Å². The molecule has 3 aromatic rings. The zero-order valence-electron chi connectivity index (χ0n) is 26.3. The lowest BCUT2D eigenvalue weighted by Crippen LogP contribution is -2.71. The van der Waals surface area contributed by atoms with Crippen LogP contribution in [-0.4, -0.2) is 92.7 Å². The number of nitrogens with two attached hydrogens (primary N) is 1. The van der Waals surface area contributed by atoms with E-state index in [0.717, 1.165) is 32.4 Å². The Morgan fingerprint density at radius 1 is 1.10 bits per heavy atom. The number of hydrogen-bond acceptors (Lipinski definition) is 13. The number of aromatic nitrogens is 3. The Morgan fingerprint density at radius 2 is 1.65 bits per heavy atom. The summed E-state index contributed by atoms with van der Waals surface area (Å²) < 4.78 is 56.4. The van der Waals surface area contributed by atoms with E-state index in [9.17, 15) is 31.8 Å². The Balaban J connectivity index is 0.00000101. The van der Waals surface area contributed by atoms with Gasteiger partial charge in [0.15, 0.2) is 17.6 Å². The number of carbonyl (C=O) groups excluding carboxylic acids is 2. The third kappa shape index (κ3) is 9.26. The summed E-state index contributed by atoms with van der Waals surface area (Å²) in [5.41, 5.74) is 5.81. The fraction of sp³-hybridized carbons (Fsp3) is 0.300. The summed E-state index contributed by atoms with van der Waals surface area (Å²) in [6, 6.07) is 17.3. The van der Waals surface area contributed by atoms with Crippen LogP contribution in [0.1, 0.15) is 17.2 Å². The van der Waals surface area contributed by atoms with Gasteiger partial charge in [-0.15, -0.1) is 5.10 Å². The summed E-state index contributed by atoms with van der Waals surface area (Å²) in [6.07, 6.45) is 0.595. The first-order valence-corrected chi connectivity index (χ1v) is 18.4. The van der Waals surface area contributed by atoms with Crippen LogP contribution in [0.4, 0.5) is 0 Å². The molecule has 5 rings (SSSR count). The molecule has 16 nitrogen and oxygen atoms in total. The van der Waals surface area contributed by atoms with Gasteiger partial charge < -0.3 is 19.9 Å². The molecule has 3 heterocycles. The van der Waals surface area contributed by atoms with Crippen molar-refractivity contribution in [2.75, 3.05) is 26.2 Å². The maximum absolute atomic E-state index is 13.9. The minimum Gasteiger partial charge on any atom is -0.448 e. The minimum atomic E-state index is -3.67. The Bertz CT molecular complexity index is 1930. The highest BCUT2D eigenvalue weighted by molar-refractivity contribution is 8.02. The van der Waals surface area contributed by atoms with Crippen molar-refractivity contribution in [2.45, 2.75) is 35.5 Å². The number of aromatic amines is 1. The summed E-state index contributed by atoms with van der Waals surface area (Å²) in [6.45, 7) is -0.120. The molecule has 2 aromatic carbocycles. The van der Waals surface area contributed by atoms with Gasteiger partial charge in [-0.05, 0) is 28.2 Å². The zero-order chi connectivity index (χ0) is 35.9. The number of nitrogens with zero attached hydrogens (tertiary/aromatic N) is 3. The first kappa shape index (κ1) is 37.6. The van der Waals surface area contributed by atoms with E-state index in [1.807, 2.05) is 60.7 Å². The zero-order valence-corrected chi connectivity index (χ0v) is 28.8. The number of carbonyl (C=O) groups is 2. The molecule has 1 amide bonds. The van der Waals surface area contributed by atoms with Crippen LogP contribution in [0.15, 0.2) is 98.2 Å². The molecule has 0 saturated carbocycles. The van der Waals surface area contributed by atoms with Gasteiger partial charge >= 0.3 is 17.1 Å². The van der Waals surface area contributed by atoms with Gasteiger partial charge in [-0.25, -0.2) is 9.89 Å². The number of benzene rings is 2. The molecular weight excluding hydrogens is 703 g/mol. The first-order valence-electron chi connectivity index (χ1n) is 14.3. The average molecular weight is 736 g/mol. The number of amides is 1. The molecule has 3 unspecified atom stereocenters. The van der Waals surface area contributed by atoms with E-state index >= 15 is 0 Å². The molecule has 49 heavy (non-hydrogen) atoms. The molecule has 262 valence electrons. The Morgan fingerprint density at radius 3 is 2.18 bits per heavy atom. The largest absolute Gasteiger partial charge is 0.448 e. The van der Waals surface area contributed by atoms with Crippen LogP contribution < -0.4 is 16.9 Å². The third-order valence-electron chi connectivity index (χ3n) is 7.04. The maximum atomic E-state index is 13.9. The monoisotopic (exact) mass is 735 g/mol. The number of rotatable bonds is 11. The van der Waals surface area contributed by atoms with E-state index in [0.29, 0.717) is 6.26 Å². The van der Waals surface area contributed by atoms with Crippen molar-refractivity contribution in [1.29, 1.82) is 0 Å². The molecule has 19 heteroatoms. The summed E-state index contributed by atoms with van der Waals surface area (Å²) in [4.78, 5) is 52.4. The van der Waals surface area contributed by atoms with Crippen LogP contribution >= 0.6 is 11.8 Å². The number of β-lactam (4-membered cyclic amide) rings is 1. The molecule has 2 aliphatic rings. The highest BCUT2D eigenvalue weighted by Gasteiger charge is 2.55. The molecule has 1 fully saturated rings. The lowest BCUT2D eigenvalue weighted by atomic mass is 10.0. The van der Waals surface area contributed by atoms with Crippen molar-refractivity contribution in [3.63, 3.8) is 0 Å². The highest BCUT2D eigenvalue weighted by Crippen LogP contribution is 2.37. The molecule has 0 radical (unpaired) electrons. The van der Waals surface area contributed by atoms with Crippen molar-refractivity contribution < 1.29 is 41.0 Å². The topological polar surface area (TPSA) is 230 Å². The number of methoxy groups -OCH3 is 2. The fourth-order valence-electron chi connectivity index (χ4n) is 4.81. The van der Waals surface area contributed by atoms with Gasteiger partial charge in [0.2, 0.25) is 5.91 Å². The number of thioether (sulfide) groups is 1. The molecular formula is C30H33N5O11S3. The van der Waals surface area contributed by atoms with Crippen molar-refractivity contribution in [1.82, 2.24) is 19.7 Å². The number of hydrogen-bond donors (Lipinski definition) is 3. The number of allylic oxidation sites excluding steroid dienone is 1. The van der Waals surface area contributed by atoms with Gasteiger partial charge in [0.25, 0.3) is 10.1 Å². The summed E-state index contributed by atoms with van der Waals surface area (Å²) >= 11 is 0.947. The van der Waals surface area contributed by atoms with Gasteiger partial charge in [-0.1, -0.05) is 72.4 Å². The van der Waals surface area contributed by atoms with Crippen LogP contribution in [0, 0.1) is 0 Å². The van der Waals surface area contributed by atoms with Crippen molar-refractivity contribution >= 4 is 44.6 Å². The number of ether oxygens (including phenoxy) is 3. The number of fused-ring (bicyclic) bond motifs is 1. The van der Waals surface area contributed by atoms with Gasteiger partial charge in [0.05, 0.1) is 29.4 Å². The summed E-state index contributed by atoms with van der Waals surface area (Å²) in [5, 5.41) is 6.84. The predicted octanol–water partition coefficient (Wildman–Crippen LogP) is 0.505.